The van der Waals surface area contributed by atoms with E-state index in [1.165, 1.54) is 5.56 Å². The highest BCUT2D eigenvalue weighted by molar-refractivity contribution is 6.30. The van der Waals surface area contributed by atoms with Gasteiger partial charge >= 0.3 is 0 Å². The number of aromatic nitrogens is 1. The molecule has 1 atom stereocenters. The summed E-state index contributed by atoms with van der Waals surface area (Å²) in [4.78, 5) is 4.31. The number of rotatable bonds is 5. The molecule has 18 heavy (non-hydrogen) atoms. The maximum Gasteiger partial charge on any atom is 0.0541 e. The minimum Gasteiger partial charge on any atom is -0.304 e. The zero-order chi connectivity index (χ0) is 12.8. The van der Waals surface area contributed by atoms with Crippen molar-refractivity contribution in [1.29, 1.82) is 0 Å². The van der Waals surface area contributed by atoms with Gasteiger partial charge in [0.2, 0.25) is 0 Å². The zero-order valence-corrected chi connectivity index (χ0v) is 11.2. The van der Waals surface area contributed by atoms with Crippen LogP contribution in [0.3, 0.4) is 0 Å². The quantitative estimate of drug-likeness (QED) is 0.880. The molecule has 0 saturated heterocycles. The van der Waals surface area contributed by atoms with Crippen molar-refractivity contribution in [2.24, 2.45) is 0 Å². The first-order valence-electron chi connectivity index (χ1n) is 6.18. The third-order valence-corrected chi connectivity index (χ3v) is 3.19. The first kappa shape index (κ1) is 13.1. The van der Waals surface area contributed by atoms with E-state index in [0.717, 1.165) is 23.7 Å². The molecule has 0 amide bonds. The van der Waals surface area contributed by atoms with Gasteiger partial charge in [0, 0.05) is 23.8 Å². The molecule has 0 aliphatic carbocycles. The molecule has 94 valence electrons. The number of halogens is 1. The largest absolute Gasteiger partial charge is 0.304 e. The van der Waals surface area contributed by atoms with Crippen molar-refractivity contribution in [2.75, 3.05) is 0 Å². The van der Waals surface area contributed by atoms with Crippen LogP contribution in [0.5, 0.6) is 0 Å². The van der Waals surface area contributed by atoms with Gasteiger partial charge in [-0.3, -0.25) is 4.98 Å². The highest BCUT2D eigenvalue weighted by Gasteiger charge is 2.08. The van der Waals surface area contributed by atoms with Crippen molar-refractivity contribution in [2.45, 2.75) is 25.9 Å². The molecule has 0 spiro atoms. The first-order chi connectivity index (χ1) is 8.79. The SMILES string of the molecule is CCC(NCc1ccccn1)c1ccc(Cl)cc1. The van der Waals surface area contributed by atoms with Gasteiger partial charge in [-0.2, -0.15) is 0 Å². The van der Waals surface area contributed by atoms with E-state index in [1.54, 1.807) is 0 Å². The van der Waals surface area contributed by atoms with Crippen LogP contribution >= 0.6 is 11.6 Å². The van der Waals surface area contributed by atoms with Crippen molar-refractivity contribution in [3.63, 3.8) is 0 Å². The molecule has 0 saturated carbocycles. The Labute approximate surface area is 113 Å². The fourth-order valence-corrected chi connectivity index (χ4v) is 2.05. The van der Waals surface area contributed by atoms with Gasteiger partial charge < -0.3 is 5.32 Å². The number of pyridine rings is 1. The Bertz CT molecular complexity index is 468. The third kappa shape index (κ3) is 3.56. The number of nitrogens with zero attached hydrogens (tertiary/aromatic N) is 1. The Morgan fingerprint density at radius 2 is 1.94 bits per heavy atom. The van der Waals surface area contributed by atoms with E-state index in [9.17, 15) is 0 Å². The molecule has 0 radical (unpaired) electrons. The van der Waals surface area contributed by atoms with Crippen LogP contribution in [0.4, 0.5) is 0 Å². The summed E-state index contributed by atoms with van der Waals surface area (Å²) in [7, 11) is 0. The van der Waals surface area contributed by atoms with Gasteiger partial charge in [0.05, 0.1) is 5.69 Å². The first-order valence-corrected chi connectivity index (χ1v) is 6.56. The molecule has 0 fully saturated rings. The molecular formula is C15H17ClN2. The lowest BCUT2D eigenvalue weighted by atomic mass is 10.0. The van der Waals surface area contributed by atoms with Crippen molar-refractivity contribution in [1.82, 2.24) is 10.3 Å². The Morgan fingerprint density at radius 3 is 2.56 bits per heavy atom. The summed E-state index contributed by atoms with van der Waals surface area (Å²) in [5.74, 6) is 0. The summed E-state index contributed by atoms with van der Waals surface area (Å²) in [6.45, 7) is 2.95. The van der Waals surface area contributed by atoms with Crippen LogP contribution in [0.25, 0.3) is 0 Å². The lowest BCUT2D eigenvalue weighted by Crippen LogP contribution is -2.20. The zero-order valence-electron chi connectivity index (χ0n) is 10.4. The molecule has 0 aliphatic heterocycles. The maximum atomic E-state index is 5.90. The highest BCUT2D eigenvalue weighted by Crippen LogP contribution is 2.19. The van der Waals surface area contributed by atoms with Crippen LogP contribution in [0.2, 0.25) is 5.02 Å². The van der Waals surface area contributed by atoms with Crippen LogP contribution in [-0.4, -0.2) is 4.98 Å². The molecular weight excluding hydrogens is 244 g/mol. The topological polar surface area (TPSA) is 24.9 Å². The van der Waals surface area contributed by atoms with Crippen LogP contribution in [0.15, 0.2) is 48.7 Å². The summed E-state index contributed by atoms with van der Waals surface area (Å²) in [6, 6.07) is 14.3. The maximum absolute atomic E-state index is 5.90. The van der Waals surface area contributed by atoms with Crippen LogP contribution in [0, 0.1) is 0 Å². The fraction of sp³-hybridized carbons (Fsp3) is 0.267. The van der Waals surface area contributed by atoms with E-state index in [0.29, 0.717) is 6.04 Å². The predicted molar refractivity (Wildman–Crippen MR) is 75.6 cm³/mol. The molecule has 2 rings (SSSR count). The molecule has 0 aliphatic rings. The second-order valence-corrected chi connectivity index (χ2v) is 4.65. The minimum absolute atomic E-state index is 0.337. The standard InChI is InChI=1S/C15H17ClN2/c1-2-15(12-6-8-13(16)9-7-12)18-11-14-5-3-4-10-17-14/h3-10,15,18H,2,11H2,1H3. The van der Waals surface area contributed by atoms with Gasteiger partial charge in [-0.15, -0.1) is 0 Å². The Morgan fingerprint density at radius 1 is 1.17 bits per heavy atom. The summed E-state index contributed by atoms with van der Waals surface area (Å²) >= 11 is 5.90. The second kappa shape index (κ2) is 6.53. The lowest BCUT2D eigenvalue weighted by Gasteiger charge is -2.17. The molecule has 2 aromatic rings. The normalized spacial score (nSPS) is 12.3. The van der Waals surface area contributed by atoms with Crippen molar-refractivity contribution in [3.05, 3.63) is 64.9 Å². The van der Waals surface area contributed by atoms with E-state index < -0.39 is 0 Å². The van der Waals surface area contributed by atoms with Crippen LogP contribution in [-0.2, 0) is 6.54 Å². The molecule has 1 heterocycles. The monoisotopic (exact) mass is 260 g/mol. The lowest BCUT2D eigenvalue weighted by molar-refractivity contribution is 0.514. The molecule has 1 aromatic heterocycles. The summed E-state index contributed by atoms with van der Waals surface area (Å²) in [6.07, 6.45) is 2.86. The van der Waals surface area contributed by atoms with E-state index in [1.807, 2.05) is 36.5 Å². The smallest absolute Gasteiger partial charge is 0.0541 e. The van der Waals surface area contributed by atoms with Gasteiger partial charge in [0.25, 0.3) is 0 Å². The number of nitrogens with one attached hydrogen (secondary N) is 1. The second-order valence-electron chi connectivity index (χ2n) is 4.21. The highest BCUT2D eigenvalue weighted by atomic mass is 35.5. The van der Waals surface area contributed by atoms with E-state index in [-0.39, 0.29) is 0 Å². The van der Waals surface area contributed by atoms with Gasteiger partial charge in [-0.1, -0.05) is 36.7 Å². The van der Waals surface area contributed by atoms with E-state index in [4.69, 9.17) is 11.6 Å². The van der Waals surface area contributed by atoms with Crippen LogP contribution in [0.1, 0.15) is 30.6 Å². The van der Waals surface area contributed by atoms with Gasteiger partial charge in [0.15, 0.2) is 0 Å². The average Bonchev–Trinajstić information content (AvgIpc) is 2.42. The van der Waals surface area contributed by atoms with Gasteiger partial charge in [-0.05, 0) is 36.2 Å². The molecule has 0 bridgehead atoms. The summed E-state index contributed by atoms with van der Waals surface area (Å²) in [5, 5.41) is 4.29. The Balaban J connectivity index is 1.99. The predicted octanol–water partition coefficient (Wildman–Crippen LogP) is 3.98. The average molecular weight is 261 g/mol. The summed E-state index contributed by atoms with van der Waals surface area (Å²) < 4.78 is 0. The fourth-order valence-electron chi connectivity index (χ4n) is 1.92. The molecule has 3 heteroatoms. The van der Waals surface area contributed by atoms with Crippen molar-refractivity contribution >= 4 is 11.6 Å². The van der Waals surface area contributed by atoms with Gasteiger partial charge in [-0.25, -0.2) is 0 Å². The van der Waals surface area contributed by atoms with Gasteiger partial charge in [0.1, 0.15) is 0 Å². The van der Waals surface area contributed by atoms with E-state index >= 15 is 0 Å². The Hall–Kier alpha value is -1.38. The van der Waals surface area contributed by atoms with Crippen molar-refractivity contribution in [3.8, 4) is 0 Å². The Kier molecular flexibility index (Phi) is 4.73. The molecule has 1 N–H and O–H groups in total. The molecule has 2 nitrogen and oxygen atoms in total. The number of hydrogen-bond donors (Lipinski definition) is 1. The molecule has 1 unspecified atom stereocenters. The van der Waals surface area contributed by atoms with E-state index in [2.05, 4.69) is 29.4 Å². The molecule has 1 aromatic carbocycles. The third-order valence-electron chi connectivity index (χ3n) is 2.94. The van der Waals surface area contributed by atoms with Crippen LogP contribution < -0.4 is 5.32 Å². The number of benzene rings is 1. The minimum atomic E-state index is 0.337. The summed E-state index contributed by atoms with van der Waals surface area (Å²) in [5.41, 5.74) is 2.32. The number of hydrogen-bond acceptors (Lipinski definition) is 2. The van der Waals surface area contributed by atoms with Crippen molar-refractivity contribution < 1.29 is 0 Å².